The second-order valence-corrected chi connectivity index (χ2v) is 7.39. The number of hydrogen-bond acceptors (Lipinski definition) is 5. The standard InChI is InChI=1S/C22H21ClFN3O2/c23-19-8-7-18(11-20(19)24)28-16-4-2-5-17(10-16)29-21-13-26-12-14(21)9-15-3-1-6-22(25)27-15/h1-8,10-11,14,21,26H,9,12-13H2,(H2,25,27)/t14-,21+/m1/s1. The lowest BCUT2D eigenvalue weighted by Gasteiger charge is -2.20. The number of nitrogen functional groups attached to an aromatic ring is 1. The molecule has 29 heavy (non-hydrogen) atoms. The summed E-state index contributed by atoms with van der Waals surface area (Å²) in [4.78, 5) is 4.39. The van der Waals surface area contributed by atoms with Crippen LogP contribution in [0.1, 0.15) is 5.69 Å². The summed E-state index contributed by atoms with van der Waals surface area (Å²) in [7, 11) is 0. The van der Waals surface area contributed by atoms with Crippen molar-refractivity contribution in [1.82, 2.24) is 10.3 Å². The highest BCUT2D eigenvalue weighted by Crippen LogP contribution is 2.29. The van der Waals surface area contributed by atoms with E-state index in [4.69, 9.17) is 26.8 Å². The molecule has 2 atom stereocenters. The Bertz CT molecular complexity index is 1000. The molecule has 4 rings (SSSR count). The normalized spacial score (nSPS) is 18.6. The molecule has 0 radical (unpaired) electrons. The maximum absolute atomic E-state index is 13.6. The molecule has 0 saturated carbocycles. The second-order valence-electron chi connectivity index (χ2n) is 6.99. The van der Waals surface area contributed by atoms with Crippen LogP contribution >= 0.6 is 11.6 Å². The van der Waals surface area contributed by atoms with Crippen molar-refractivity contribution in [3.05, 3.63) is 77.2 Å². The molecule has 0 amide bonds. The molecule has 3 N–H and O–H groups in total. The van der Waals surface area contributed by atoms with Gasteiger partial charge in [-0.3, -0.25) is 0 Å². The lowest BCUT2D eigenvalue weighted by molar-refractivity contribution is 0.172. The van der Waals surface area contributed by atoms with E-state index in [1.165, 1.54) is 12.1 Å². The number of hydrogen-bond donors (Lipinski definition) is 2. The molecule has 7 heteroatoms. The molecule has 5 nitrogen and oxygen atoms in total. The maximum atomic E-state index is 13.6. The van der Waals surface area contributed by atoms with Gasteiger partial charge in [-0.15, -0.1) is 0 Å². The van der Waals surface area contributed by atoms with E-state index in [1.54, 1.807) is 24.3 Å². The number of nitrogens with zero attached hydrogens (tertiary/aromatic N) is 1. The van der Waals surface area contributed by atoms with Gasteiger partial charge < -0.3 is 20.5 Å². The van der Waals surface area contributed by atoms with Gasteiger partial charge in [0.15, 0.2) is 0 Å². The van der Waals surface area contributed by atoms with Gasteiger partial charge in [0.05, 0.1) is 5.02 Å². The van der Waals surface area contributed by atoms with Gasteiger partial charge in [0.2, 0.25) is 0 Å². The van der Waals surface area contributed by atoms with Crippen LogP contribution in [-0.2, 0) is 6.42 Å². The summed E-state index contributed by atoms with van der Waals surface area (Å²) in [6.45, 7) is 1.60. The Morgan fingerprint density at radius 2 is 1.83 bits per heavy atom. The molecule has 1 aliphatic heterocycles. The fourth-order valence-corrected chi connectivity index (χ4v) is 3.51. The van der Waals surface area contributed by atoms with Gasteiger partial charge in [0.1, 0.15) is 35.0 Å². The number of benzene rings is 2. The maximum Gasteiger partial charge on any atom is 0.145 e. The predicted octanol–water partition coefficient (Wildman–Crippen LogP) is 4.46. The minimum absolute atomic E-state index is 0.00135. The minimum atomic E-state index is -0.522. The fraction of sp³-hybridized carbons (Fsp3) is 0.227. The van der Waals surface area contributed by atoms with E-state index in [1.807, 2.05) is 24.3 Å². The molecule has 0 aliphatic carbocycles. The van der Waals surface area contributed by atoms with Gasteiger partial charge in [0.25, 0.3) is 0 Å². The molecule has 3 aromatic rings. The zero-order valence-electron chi connectivity index (χ0n) is 15.6. The monoisotopic (exact) mass is 413 g/mol. The average Bonchev–Trinajstić information content (AvgIpc) is 3.12. The number of nitrogens with two attached hydrogens (primary N) is 1. The van der Waals surface area contributed by atoms with Crippen LogP contribution in [0.2, 0.25) is 5.02 Å². The molecule has 1 saturated heterocycles. The van der Waals surface area contributed by atoms with Crippen LogP contribution in [0.5, 0.6) is 17.2 Å². The Kier molecular flexibility index (Phi) is 5.83. The van der Waals surface area contributed by atoms with Gasteiger partial charge in [-0.1, -0.05) is 23.7 Å². The lowest BCUT2D eigenvalue weighted by atomic mass is 9.99. The predicted molar refractivity (Wildman–Crippen MR) is 111 cm³/mol. The van der Waals surface area contributed by atoms with E-state index >= 15 is 0 Å². The smallest absolute Gasteiger partial charge is 0.145 e. The third-order valence-corrected chi connectivity index (χ3v) is 5.10. The van der Waals surface area contributed by atoms with Gasteiger partial charge >= 0.3 is 0 Å². The molecule has 1 aromatic heterocycles. The van der Waals surface area contributed by atoms with Crippen molar-refractivity contribution in [3.8, 4) is 17.2 Å². The zero-order valence-corrected chi connectivity index (χ0v) is 16.4. The Balaban J connectivity index is 1.43. The molecule has 2 aromatic carbocycles. The van der Waals surface area contributed by atoms with Gasteiger partial charge in [-0.2, -0.15) is 0 Å². The van der Waals surface area contributed by atoms with Crippen molar-refractivity contribution < 1.29 is 13.9 Å². The van der Waals surface area contributed by atoms with Crippen LogP contribution in [0.4, 0.5) is 10.2 Å². The van der Waals surface area contributed by atoms with E-state index in [0.29, 0.717) is 23.1 Å². The Labute approximate surface area is 173 Å². The first-order valence-electron chi connectivity index (χ1n) is 9.38. The number of rotatable bonds is 6. The summed E-state index contributed by atoms with van der Waals surface area (Å²) >= 11 is 5.72. The van der Waals surface area contributed by atoms with Crippen LogP contribution in [0.3, 0.4) is 0 Å². The zero-order chi connectivity index (χ0) is 20.2. The first-order chi connectivity index (χ1) is 14.1. The summed E-state index contributed by atoms with van der Waals surface area (Å²) in [5.74, 6) is 1.90. The first kappa shape index (κ1) is 19.5. The van der Waals surface area contributed by atoms with E-state index in [9.17, 15) is 4.39 Å². The topological polar surface area (TPSA) is 69.4 Å². The molecule has 0 unspecified atom stereocenters. The number of halogens is 2. The summed E-state index contributed by atoms with van der Waals surface area (Å²) in [5, 5.41) is 3.43. The SMILES string of the molecule is Nc1cccc(C[C@@H]2CNC[C@@H]2Oc2cccc(Oc3ccc(Cl)c(F)c3)c2)n1. The highest BCUT2D eigenvalue weighted by molar-refractivity contribution is 6.30. The number of pyridine rings is 1. The van der Waals surface area contributed by atoms with E-state index < -0.39 is 5.82 Å². The van der Waals surface area contributed by atoms with Gasteiger partial charge in [-0.25, -0.2) is 9.37 Å². The molecule has 1 aliphatic rings. The Morgan fingerprint density at radius 1 is 1.03 bits per heavy atom. The quantitative estimate of drug-likeness (QED) is 0.624. The molecule has 150 valence electrons. The van der Waals surface area contributed by atoms with Crippen molar-refractivity contribution >= 4 is 17.4 Å². The van der Waals surface area contributed by atoms with Crippen LogP contribution in [-0.4, -0.2) is 24.2 Å². The molecule has 0 bridgehead atoms. The van der Waals surface area contributed by atoms with Gasteiger partial charge in [0, 0.05) is 36.8 Å². The summed E-state index contributed by atoms with van der Waals surface area (Å²) < 4.78 is 25.6. The molecule has 0 spiro atoms. The number of aromatic nitrogens is 1. The number of ether oxygens (including phenoxy) is 2. The Morgan fingerprint density at radius 3 is 2.66 bits per heavy atom. The number of anilines is 1. The van der Waals surface area contributed by atoms with Crippen molar-refractivity contribution in [3.63, 3.8) is 0 Å². The second kappa shape index (κ2) is 8.68. The lowest BCUT2D eigenvalue weighted by Crippen LogP contribution is -2.27. The summed E-state index contributed by atoms with van der Waals surface area (Å²) in [6, 6.07) is 17.3. The Hall–Kier alpha value is -2.83. The van der Waals surface area contributed by atoms with Crippen molar-refractivity contribution in [1.29, 1.82) is 0 Å². The highest BCUT2D eigenvalue weighted by atomic mass is 35.5. The molecular formula is C22H21ClFN3O2. The fourth-order valence-electron chi connectivity index (χ4n) is 3.39. The van der Waals surface area contributed by atoms with E-state index in [-0.39, 0.29) is 17.0 Å². The van der Waals surface area contributed by atoms with E-state index in [2.05, 4.69) is 10.3 Å². The van der Waals surface area contributed by atoms with E-state index in [0.717, 1.165) is 25.2 Å². The van der Waals surface area contributed by atoms with Crippen LogP contribution < -0.4 is 20.5 Å². The van der Waals surface area contributed by atoms with Crippen molar-refractivity contribution in [2.75, 3.05) is 18.8 Å². The molecule has 1 fully saturated rings. The number of nitrogens with one attached hydrogen (secondary N) is 1. The summed E-state index contributed by atoms with van der Waals surface area (Å²) in [6.07, 6.45) is 0.782. The minimum Gasteiger partial charge on any atom is -0.489 e. The van der Waals surface area contributed by atoms with Crippen LogP contribution in [0.25, 0.3) is 0 Å². The largest absolute Gasteiger partial charge is 0.489 e. The molecular weight excluding hydrogens is 393 g/mol. The first-order valence-corrected chi connectivity index (χ1v) is 9.76. The highest BCUT2D eigenvalue weighted by Gasteiger charge is 2.29. The van der Waals surface area contributed by atoms with Crippen molar-refractivity contribution in [2.45, 2.75) is 12.5 Å². The van der Waals surface area contributed by atoms with Crippen LogP contribution in [0.15, 0.2) is 60.7 Å². The van der Waals surface area contributed by atoms with Crippen molar-refractivity contribution in [2.24, 2.45) is 5.92 Å². The molecule has 2 heterocycles. The third-order valence-electron chi connectivity index (χ3n) is 4.80. The van der Waals surface area contributed by atoms with Gasteiger partial charge in [-0.05, 0) is 42.8 Å². The summed E-state index contributed by atoms with van der Waals surface area (Å²) in [5.41, 5.74) is 6.74. The average molecular weight is 414 g/mol. The van der Waals surface area contributed by atoms with Crippen LogP contribution in [0, 0.1) is 11.7 Å². The third kappa shape index (κ3) is 4.96.